The maximum absolute atomic E-state index is 13.5. The van der Waals surface area contributed by atoms with E-state index in [1.807, 2.05) is 64.4 Å². The number of hydrogen-bond donors (Lipinski definition) is 0. The normalized spacial score (nSPS) is 16.4. The lowest BCUT2D eigenvalue weighted by molar-refractivity contribution is -0.134. The highest BCUT2D eigenvalue weighted by Gasteiger charge is 2.35. The van der Waals surface area contributed by atoms with Gasteiger partial charge in [0.05, 0.1) is 23.9 Å². The Labute approximate surface area is 181 Å². The number of amides is 2. The van der Waals surface area contributed by atoms with Crippen LogP contribution < -0.4 is 4.74 Å². The molecule has 31 heavy (non-hydrogen) atoms. The Kier molecular flexibility index (Phi) is 5.06. The number of carbonyl (C=O) groups excluding carboxylic acids is 2. The third-order valence-electron chi connectivity index (χ3n) is 6.14. The van der Waals surface area contributed by atoms with Crippen LogP contribution in [0.2, 0.25) is 0 Å². The molecule has 2 aromatic carbocycles. The first-order valence-electron chi connectivity index (χ1n) is 10.8. The Hall–Kier alpha value is -3.41. The summed E-state index contributed by atoms with van der Waals surface area (Å²) in [4.78, 5) is 34.4. The van der Waals surface area contributed by atoms with E-state index in [-0.39, 0.29) is 17.7 Å². The fraction of sp³-hybridized carbons (Fsp3) is 0.320. The van der Waals surface area contributed by atoms with Crippen LogP contribution in [0.1, 0.15) is 23.2 Å². The van der Waals surface area contributed by atoms with Crippen molar-refractivity contribution < 1.29 is 14.3 Å². The summed E-state index contributed by atoms with van der Waals surface area (Å²) in [6, 6.07) is 17.3. The van der Waals surface area contributed by atoms with Crippen LogP contribution in [0.5, 0.6) is 5.75 Å². The number of piperazine rings is 1. The number of ether oxygens (including phenoxy) is 1. The number of rotatable bonds is 4. The van der Waals surface area contributed by atoms with Gasteiger partial charge in [-0.3, -0.25) is 9.59 Å². The van der Waals surface area contributed by atoms with Gasteiger partial charge in [0.1, 0.15) is 5.75 Å². The first-order chi connectivity index (χ1) is 15.1. The average Bonchev–Trinajstić information content (AvgIpc) is 3.68. The van der Waals surface area contributed by atoms with E-state index in [9.17, 15) is 9.59 Å². The Morgan fingerprint density at radius 2 is 1.61 bits per heavy atom. The van der Waals surface area contributed by atoms with Crippen LogP contribution in [0.4, 0.5) is 0 Å². The van der Waals surface area contributed by atoms with Gasteiger partial charge in [-0.2, -0.15) is 0 Å². The molecule has 1 aliphatic heterocycles. The molecular weight excluding hydrogens is 390 g/mol. The minimum atomic E-state index is -0.00752. The van der Waals surface area contributed by atoms with Crippen LogP contribution in [-0.2, 0) is 4.79 Å². The summed E-state index contributed by atoms with van der Waals surface area (Å²) in [6.07, 6.45) is 2.02. The van der Waals surface area contributed by atoms with Crippen LogP contribution in [0, 0.1) is 5.92 Å². The van der Waals surface area contributed by atoms with Gasteiger partial charge >= 0.3 is 0 Å². The minimum Gasteiger partial charge on any atom is -0.497 e. The van der Waals surface area contributed by atoms with Gasteiger partial charge in [-0.25, -0.2) is 4.98 Å². The molecular formula is C25H25N3O3. The van der Waals surface area contributed by atoms with Crippen molar-refractivity contribution in [2.24, 2.45) is 5.92 Å². The van der Waals surface area contributed by atoms with Gasteiger partial charge in [-0.15, -0.1) is 0 Å². The van der Waals surface area contributed by atoms with Crippen LogP contribution in [0.15, 0.2) is 54.6 Å². The molecule has 1 saturated carbocycles. The minimum absolute atomic E-state index is 0.00752. The molecule has 1 saturated heterocycles. The van der Waals surface area contributed by atoms with E-state index < -0.39 is 0 Å². The number of methoxy groups -OCH3 is 1. The predicted molar refractivity (Wildman–Crippen MR) is 119 cm³/mol. The van der Waals surface area contributed by atoms with Crippen molar-refractivity contribution in [3.63, 3.8) is 0 Å². The number of para-hydroxylation sites is 1. The second-order valence-corrected chi connectivity index (χ2v) is 8.19. The Bertz CT molecular complexity index is 1130. The Balaban J connectivity index is 1.44. The van der Waals surface area contributed by atoms with Crippen molar-refractivity contribution in [1.29, 1.82) is 0 Å². The first-order valence-corrected chi connectivity index (χ1v) is 10.8. The van der Waals surface area contributed by atoms with E-state index in [0.717, 1.165) is 40.8 Å². The van der Waals surface area contributed by atoms with Crippen LogP contribution in [0.3, 0.4) is 0 Å². The molecule has 0 unspecified atom stereocenters. The van der Waals surface area contributed by atoms with Gasteiger partial charge in [0.2, 0.25) is 5.91 Å². The number of fused-ring (bicyclic) bond motifs is 1. The summed E-state index contributed by atoms with van der Waals surface area (Å²) in [7, 11) is 1.64. The number of carbonyl (C=O) groups is 2. The van der Waals surface area contributed by atoms with Crippen molar-refractivity contribution >= 4 is 22.7 Å². The summed E-state index contributed by atoms with van der Waals surface area (Å²) < 4.78 is 5.25. The summed E-state index contributed by atoms with van der Waals surface area (Å²) in [5.74, 6) is 1.24. The molecule has 5 rings (SSSR count). The second kappa shape index (κ2) is 8.02. The predicted octanol–water partition coefficient (Wildman–Crippen LogP) is 3.60. The molecule has 6 heteroatoms. The highest BCUT2D eigenvalue weighted by atomic mass is 16.5. The quantitative estimate of drug-likeness (QED) is 0.653. The van der Waals surface area contributed by atoms with Crippen molar-refractivity contribution in [3.05, 3.63) is 60.2 Å². The number of benzene rings is 2. The van der Waals surface area contributed by atoms with Crippen molar-refractivity contribution in [2.45, 2.75) is 12.8 Å². The van der Waals surface area contributed by atoms with E-state index in [1.54, 1.807) is 7.11 Å². The van der Waals surface area contributed by atoms with E-state index >= 15 is 0 Å². The van der Waals surface area contributed by atoms with Gasteiger partial charge < -0.3 is 14.5 Å². The zero-order chi connectivity index (χ0) is 21.4. The van der Waals surface area contributed by atoms with Crippen molar-refractivity contribution in [3.8, 4) is 17.0 Å². The molecule has 2 heterocycles. The van der Waals surface area contributed by atoms with Gasteiger partial charge in [-0.05, 0) is 49.2 Å². The Morgan fingerprint density at radius 1 is 0.935 bits per heavy atom. The molecule has 1 aromatic heterocycles. The van der Waals surface area contributed by atoms with E-state index in [2.05, 4.69) is 0 Å². The van der Waals surface area contributed by atoms with Gasteiger partial charge in [0.15, 0.2) is 0 Å². The van der Waals surface area contributed by atoms with Crippen molar-refractivity contribution in [2.75, 3.05) is 33.3 Å². The number of pyridine rings is 1. The fourth-order valence-electron chi connectivity index (χ4n) is 4.15. The fourth-order valence-corrected chi connectivity index (χ4v) is 4.15. The largest absolute Gasteiger partial charge is 0.497 e. The van der Waals surface area contributed by atoms with E-state index in [4.69, 9.17) is 9.72 Å². The molecule has 0 N–H and O–H groups in total. The zero-order valence-corrected chi connectivity index (χ0v) is 17.6. The van der Waals surface area contributed by atoms with Crippen molar-refractivity contribution in [1.82, 2.24) is 14.8 Å². The summed E-state index contributed by atoms with van der Waals surface area (Å²) in [6.45, 7) is 2.34. The highest BCUT2D eigenvalue weighted by molar-refractivity contribution is 6.07. The maximum atomic E-state index is 13.5. The standard InChI is InChI=1S/C25H25N3O3/c1-31-19-10-8-17(9-11-19)23-16-21(20-4-2-3-5-22(20)26-23)25(30)28-14-12-27(13-15-28)24(29)18-6-7-18/h2-5,8-11,16,18H,6-7,12-15H2,1H3. The summed E-state index contributed by atoms with van der Waals surface area (Å²) in [5.41, 5.74) is 3.13. The maximum Gasteiger partial charge on any atom is 0.254 e. The van der Waals surface area contributed by atoms with Gasteiger partial charge in [0, 0.05) is 43.0 Å². The number of aromatic nitrogens is 1. The average molecular weight is 415 g/mol. The lowest BCUT2D eigenvalue weighted by atomic mass is 10.0. The summed E-state index contributed by atoms with van der Waals surface area (Å²) in [5, 5.41) is 0.848. The highest BCUT2D eigenvalue weighted by Crippen LogP contribution is 2.32. The molecule has 0 radical (unpaired) electrons. The molecule has 0 bridgehead atoms. The van der Waals surface area contributed by atoms with Gasteiger partial charge in [0.25, 0.3) is 5.91 Å². The van der Waals surface area contributed by atoms with Crippen LogP contribution in [-0.4, -0.2) is 59.9 Å². The molecule has 6 nitrogen and oxygen atoms in total. The molecule has 2 aliphatic rings. The van der Waals surface area contributed by atoms with Gasteiger partial charge in [-0.1, -0.05) is 18.2 Å². The zero-order valence-electron chi connectivity index (χ0n) is 17.6. The molecule has 2 fully saturated rings. The Morgan fingerprint density at radius 3 is 2.29 bits per heavy atom. The molecule has 1 aliphatic carbocycles. The van der Waals surface area contributed by atoms with Crippen LogP contribution >= 0.6 is 0 Å². The monoisotopic (exact) mass is 415 g/mol. The molecule has 0 atom stereocenters. The smallest absolute Gasteiger partial charge is 0.254 e. The number of nitrogens with zero attached hydrogens (tertiary/aromatic N) is 3. The topological polar surface area (TPSA) is 62.7 Å². The first kappa shape index (κ1) is 19.5. The van der Waals surface area contributed by atoms with Crippen LogP contribution in [0.25, 0.3) is 22.2 Å². The lowest BCUT2D eigenvalue weighted by Gasteiger charge is -2.35. The third kappa shape index (κ3) is 3.85. The molecule has 3 aromatic rings. The van der Waals surface area contributed by atoms with E-state index in [1.165, 1.54) is 0 Å². The molecule has 158 valence electrons. The second-order valence-electron chi connectivity index (χ2n) is 8.19. The lowest BCUT2D eigenvalue weighted by Crippen LogP contribution is -2.51. The number of hydrogen-bond acceptors (Lipinski definition) is 4. The molecule has 2 amide bonds. The van der Waals surface area contributed by atoms with E-state index in [0.29, 0.717) is 31.7 Å². The SMILES string of the molecule is COc1ccc(-c2cc(C(=O)N3CCN(C(=O)C4CC4)CC3)c3ccccc3n2)cc1. The summed E-state index contributed by atoms with van der Waals surface area (Å²) >= 11 is 0. The third-order valence-corrected chi connectivity index (χ3v) is 6.14. The molecule has 0 spiro atoms.